The number of aryl methyl sites for hydroxylation is 1. The van der Waals surface area contributed by atoms with Crippen LogP contribution in [0.25, 0.3) is 0 Å². The fourth-order valence-corrected chi connectivity index (χ4v) is 3.31. The molecule has 2 unspecified atom stereocenters. The highest BCUT2D eigenvalue weighted by atomic mass is 35.5. The van der Waals surface area contributed by atoms with Gasteiger partial charge in [0, 0.05) is 37.9 Å². The lowest BCUT2D eigenvalue weighted by Crippen LogP contribution is -2.46. The number of nitrogens with one attached hydrogen (secondary N) is 1. The molecule has 1 aromatic rings. The number of piperidine rings is 1. The molecular weight excluding hydrogens is 248 g/mol. The third-order valence-electron chi connectivity index (χ3n) is 4.40. The van der Waals surface area contributed by atoms with Gasteiger partial charge < -0.3 is 9.88 Å². The van der Waals surface area contributed by atoms with Gasteiger partial charge in [-0.3, -0.25) is 4.90 Å². The van der Waals surface area contributed by atoms with Crippen LogP contribution in [-0.2, 0) is 13.6 Å². The van der Waals surface area contributed by atoms with Crippen LogP contribution >= 0.6 is 12.4 Å². The van der Waals surface area contributed by atoms with Crippen LogP contribution < -0.4 is 5.32 Å². The SMILES string of the molecule is CN(Cc1cncn1C)C1CC2CCC(C1)N2.Cl. The number of hydrogen-bond donors (Lipinski definition) is 1. The molecule has 0 spiro atoms. The van der Waals surface area contributed by atoms with E-state index >= 15 is 0 Å². The molecule has 0 saturated carbocycles. The lowest BCUT2D eigenvalue weighted by atomic mass is 9.98. The van der Waals surface area contributed by atoms with Crippen molar-refractivity contribution in [2.75, 3.05) is 7.05 Å². The minimum Gasteiger partial charge on any atom is -0.337 e. The number of rotatable bonds is 3. The first kappa shape index (κ1) is 13.8. The van der Waals surface area contributed by atoms with Gasteiger partial charge >= 0.3 is 0 Å². The van der Waals surface area contributed by atoms with E-state index in [9.17, 15) is 0 Å². The largest absolute Gasteiger partial charge is 0.337 e. The summed E-state index contributed by atoms with van der Waals surface area (Å²) in [7, 11) is 4.32. The standard InChI is InChI=1S/C13H22N4.ClH/c1-16(8-13-7-14-9-17(13)2)12-5-10-3-4-11(6-12)15-10;/h7,9-12,15H,3-6,8H2,1-2H3;1H. The molecule has 1 aromatic heterocycles. The zero-order valence-corrected chi connectivity index (χ0v) is 12.0. The van der Waals surface area contributed by atoms with Crippen LogP contribution in [0, 0.1) is 0 Å². The molecule has 3 heterocycles. The van der Waals surface area contributed by atoms with E-state index in [-0.39, 0.29) is 12.4 Å². The van der Waals surface area contributed by atoms with Gasteiger partial charge in [-0.1, -0.05) is 0 Å². The molecule has 18 heavy (non-hydrogen) atoms. The summed E-state index contributed by atoms with van der Waals surface area (Å²) in [5.74, 6) is 0. The van der Waals surface area contributed by atoms with Crippen molar-refractivity contribution in [2.45, 2.75) is 50.4 Å². The fourth-order valence-electron chi connectivity index (χ4n) is 3.31. The maximum absolute atomic E-state index is 4.19. The summed E-state index contributed by atoms with van der Waals surface area (Å²) in [5.41, 5.74) is 1.30. The van der Waals surface area contributed by atoms with Gasteiger partial charge in [-0.05, 0) is 32.7 Å². The number of aromatic nitrogens is 2. The maximum Gasteiger partial charge on any atom is 0.0945 e. The Morgan fingerprint density at radius 3 is 2.61 bits per heavy atom. The van der Waals surface area contributed by atoms with Crippen LogP contribution in [0.3, 0.4) is 0 Å². The first-order valence-corrected chi connectivity index (χ1v) is 6.64. The van der Waals surface area contributed by atoms with Crippen LogP contribution in [0.1, 0.15) is 31.4 Å². The van der Waals surface area contributed by atoms with Crippen molar-refractivity contribution in [1.29, 1.82) is 0 Å². The van der Waals surface area contributed by atoms with Crippen molar-refractivity contribution in [3.63, 3.8) is 0 Å². The molecule has 2 aliphatic heterocycles. The predicted molar refractivity (Wildman–Crippen MR) is 74.9 cm³/mol. The minimum atomic E-state index is 0. The van der Waals surface area contributed by atoms with Crippen molar-refractivity contribution in [3.05, 3.63) is 18.2 Å². The Bertz CT molecular complexity index is 380. The van der Waals surface area contributed by atoms with E-state index in [2.05, 4.69) is 33.9 Å². The van der Waals surface area contributed by atoms with E-state index in [1.165, 1.54) is 31.4 Å². The number of fused-ring (bicyclic) bond motifs is 2. The van der Waals surface area contributed by atoms with Gasteiger partial charge in [0.15, 0.2) is 0 Å². The van der Waals surface area contributed by atoms with E-state index < -0.39 is 0 Å². The number of halogens is 1. The predicted octanol–water partition coefficient (Wildman–Crippen LogP) is 1.56. The number of hydrogen-bond acceptors (Lipinski definition) is 3. The van der Waals surface area contributed by atoms with Gasteiger partial charge in [0.25, 0.3) is 0 Å². The Morgan fingerprint density at radius 2 is 2.06 bits per heavy atom. The molecule has 0 aromatic carbocycles. The molecule has 4 nitrogen and oxygen atoms in total. The summed E-state index contributed by atoms with van der Waals surface area (Å²) in [4.78, 5) is 6.69. The molecule has 2 atom stereocenters. The van der Waals surface area contributed by atoms with Gasteiger partial charge in [-0.2, -0.15) is 0 Å². The summed E-state index contributed by atoms with van der Waals surface area (Å²) >= 11 is 0. The smallest absolute Gasteiger partial charge is 0.0945 e. The average molecular weight is 271 g/mol. The van der Waals surface area contributed by atoms with Crippen molar-refractivity contribution in [3.8, 4) is 0 Å². The second kappa shape index (κ2) is 5.59. The van der Waals surface area contributed by atoms with Crippen LogP contribution in [0.5, 0.6) is 0 Å². The maximum atomic E-state index is 4.19. The van der Waals surface area contributed by atoms with Crippen LogP contribution in [0.15, 0.2) is 12.5 Å². The molecule has 2 bridgehead atoms. The highest BCUT2D eigenvalue weighted by molar-refractivity contribution is 5.85. The van der Waals surface area contributed by atoms with Crippen molar-refractivity contribution < 1.29 is 0 Å². The summed E-state index contributed by atoms with van der Waals surface area (Å²) in [6.45, 7) is 1.01. The first-order valence-electron chi connectivity index (χ1n) is 6.64. The second-order valence-electron chi connectivity index (χ2n) is 5.67. The molecule has 0 amide bonds. The van der Waals surface area contributed by atoms with Crippen LogP contribution in [0.2, 0.25) is 0 Å². The van der Waals surface area contributed by atoms with Gasteiger partial charge in [0.1, 0.15) is 0 Å². The zero-order valence-electron chi connectivity index (χ0n) is 11.2. The van der Waals surface area contributed by atoms with Gasteiger partial charge in [0.05, 0.1) is 12.0 Å². The van der Waals surface area contributed by atoms with E-state index in [4.69, 9.17) is 0 Å². The van der Waals surface area contributed by atoms with E-state index in [1.807, 2.05) is 12.5 Å². The molecule has 2 aliphatic rings. The van der Waals surface area contributed by atoms with E-state index in [1.54, 1.807) is 0 Å². The lowest BCUT2D eigenvalue weighted by molar-refractivity contribution is 0.163. The summed E-state index contributed by atoms with van der Waals surface area (Å²) < 4.78 is 2.12. The van der Waals surface area contributed by atoms with Crippen LogP contribution in [0.4, 0.5) is 0 Å². The monoisotopic (exact) mass is 270 g/mol. The summed E-state index contributed by atoms with van der Waals surface area (Å²) in [6.07, 6.45) is 9.23. The summed E-state index contributed by atoms with van der Waals surface area (Å²) in [6, 6.07) is 2.28. The zero-order chi connectivity index (χ0) is 11.8. The van der Waals surface area contributed by atoms with E-state index in [0.717, 1.165) is 24.7 Å². The Morgan fingerprint density at radius 1 is 1.39 bits per heavy atom. The average Bonchev–Trinajstić information content (AvgIpc) is 2.86. The fraction of sp³-hybridized carbons (Fsp3) is 0.769. The van der Waals surface area contributed by atoms with Gasteiger partial charge in [-0.15, -0.1) is 12.4 Å². The van der Waals surface area contributed by atoms with E-state index in [0.29, 0.717) is 0 Å². The first-order chi connectivity index (χ1) is 8.22. The van der Waals surface area contributed by atoms with Crippen molar-refractivity contribution >= 4 is 12.4 Å². The number of nitrogens with zero attached hydrogens (tertiary/aromatic N) is 3. The third-order valence-corrected chi connectivity index (χ3v) is 4.40. The Labute approximate surface area is 115 Å². The molecule has 102 valence electrons. The molecule has 0 radical (unpaired) electrons. The summed E-state index contributed by atoms with van der Waals surface area (Å²) in [5, 5.41) is 3.70. The molecule has 5 heteroatoms. The molecule has 2 fully saturated rings. The highest BCUT2D eigenvalue weighted by Crippen LogP contribution is 2.29. The molecule has 2 saturated heterocycles. The van der Waals surface area contributed by atoms with Gasteiger partial charge in [0.2, 0.25) is 0 Å². The normalized spacial score (nSPS) is 30.5. The lowest BCUT2D eigenvalue weighted by Gasteiger charge is -2.35. The van der Waals surface area contributed by atoms with Crippen molar-refractivity contribution in [2.24, 2.45) is 7.05 Å². The molecule has 3 rings (SSSR count). The van der Waals surface area contributed by atoms with Gasteiger partial charge in [-0.25, -0.2) is 4.98 Å². The molecule has 1 N–H and O–H groups in total. The van der Waals surface area contributed by atoms with Crippen LogP contribution in [-0.4, -0.2) is 39.6 Å². The van der Waals surface area contributed by atoms with Crippen molar-refractivity contribution in [1.82, 2.24) is 19.8 Å². The minimum absolute atomic E-state index is 0. The topological polar surface area (TPSA) is 33.1 Å². The second-order valence-corrected chi connectivity index (χ2v) is 5.67. The number of imidazole rings is 1. The molecule has 0 aliphatic carbocycles. The Kier molecular flexibility index (Phi) is 4.30. The Balaban J connectivity index is 0.00000120. The quantitative estimate of drug-likeness (QED) is 0.905. The Hall–Kier alpha value is -0.580. The highest BCUT2D eigenvalue weighted by Gasteiger charge is 2.35. The molecular formula is C13H23ClN4. The third kappa shape index (κ3) is 2.71.